The first kappa shape index (κ1) is 22.9. The van der Waals surface area contributed by atoms with Crippen LogP contribution in [0.3, 0.4) is 0 Å². The van der Waals surface area contributed by atoms with Crippen molar-refractivity contribution in [3.63, 3.8) is 0 Å². The number of carboxylic acids is 1. The molecular weight excluding hydrogens is 473 g/mol. The van der Waals surface area contributed by atoms with E-state index >= 15 is 0 Å². The summed E-state index contributed by atoms with van der Waals surface area (Å²) in [5.74, 6) is -0.944. The summed E-state index contributed by atoms with van der Waals surface area (Å²) in [4.78, 5) is 54.2. The third kappa shape index (κ3) is 5.07. The molecule has 1 unspecified atom stereocenters. The minimum Gasteiger partial charge on any atom is -0.480 e. The van der Waals surface area contributed by atoms with Crippen LogP contribution < -0.4 is 5.32 Å². The Labute approximate surface area is 191 Å². The van der Waals surface area contributed by atoms with Crippen molar-refractivity contribution in [3.05, 3.63) is 58.6 Å². The number of rotatable bonds is 7. The smallest absolute Gasteiger partial charge is 0.328 e. The van der Waals surface area contributed by atoms with Gasteiger partial charge in [-0.1, -0.05) is 11.6 Å². The molecule has 2 heterocycles. The quantitative estimate of drug-likeness (QED) is 0.244. The van der Waals surface area contributed by atoms with Gasteiger partial charge in [-0.2, -0.15) is 0 Å². The number of nitrogens with one attached hydrogen (secondary N) is 2. The highest BCUT2D eigenvalue weighted by Gasteiger charge is 2.29. The molecule has 0 fully saturated rings. The molecule has 4 aromatic rings. The number of aliphatic carboxylic acids is 1. The molecule has 4 rings (SSSR count). The maximum absolute atomic E-state index is 12.5. The van der Waals surface area contributed by atoms with Crippen molar-refractivity contribution in [2.75, 3.05) is 6.16 Å². The van der Waals surface area contributed by atoms with E-state index in [9.17, 15) is 19.3 Å². The largest absolute Gasteiger partial charge is 0.480 e. The fourth-order valence-corrected chi connectivity index (χ4v) is 4.37. The van der Waals surface area contributed by atoms with E-state index in [-0.39, 0.29) is 5.56 Å². The molecule has 1 amide bonds. The van der Waals surface area contributed by atoms with E-state index < -0.39 is 31.7 Å². The van der Waals surface area contributed by atoms with Crippen LogP contribution >= 0.6 is 19.2 Å². The molecule has 0 aliphatic carbocycles. The number of aromatic nitrogens is 4. The fourth-order valence-electron chi connectivity index (χ4n) is 3.47. The van der Waals surface area contributed by atoms with Gasteiger partial charge >= 0.3 is 13.6 Å². The van der Waals surface area contributed by atoms with E-state index in [0.717, 1.165) is 11.0 Å². The lowest BCUT2D eigenvalue weighted by molar-refractivity contribution is -0.138. The molecular formula is C20H19ClN5O6P. The third-order valence-corrected chi connectivity index (χ3v) is 6.15. The van der Waals surface area contributed by atoms with Crippen LogP contribution in [0.1, 0.15) is 22.0 Å². The van der Waals surface area contributed by atoms with Crippen molar-refractivity contribution < 1.29 is 29.0 Å². The number of aryl methyl sites for hydroxylation is 1. The topological polar surface area (TPSA) is 170 Å². The van der Waals surface area contributed by atoms with Gasteiger partial charge in [0, 0.05) is 17.6 Å². The summed E-state index contributed by atoms with van der Waals surface area (Å²) in [5, 5.41) is 11.9. The summed E-state index contributed by atoms with van der Waals surface area (Å²) in [6, 6.07) is 8.25. The molecule has 2 aromatic carbocycles. The standard InChI is InChI=1S/C20H19ClN5O6P/c1-26-16-6-10(19(27)25-15(20(28)29)9-33(30,31)32)2-4-13(16)24-18(26)8-17-22-12-5-3-11(21)7-14(12)23-17/h2-7,15H,8-9H2,1H3,(H,22,23)(H,25,27)(H,28,29)(H2,30,31,32). The van der Waals surface area contributed by atoms with Gasteiger partial charge in [-0.25, -0.2) is 14.8 Å². The zero-order valence-corrected chi connectivity index (χ0v) is 18.8. The number of carbonyl (C=O) groups excluding carboxylic acids is 1. The molecule has 5 N–H and O–H groups in total. The van der Waals surface area contributed by atoms with Crippen LogP contribution in [0.2, 0.25) is 5.02 Å². The van der Waals surface area contributed by atoms with E-state index in [1.54, 1.807) is 29.8 Å². The average Bonchev–Trinajstić information content (AvgIpc) is 3.26. The highest BCUT2D eigenvalue weighted by molar-refractivity contribution is 7.51. The maximum atomic E-state index is 12.5. The molecule has 11 nitrogen and oxygen atoms in total. The summed E-state index contributed by atoms with van der Waals surface area (Å²) in [5.41, 5.74) is 2.95. The van der Waals surface area contributed by atoms with Gasteiger partial charge in [-0.05, 0) is 36.4 Å². The van der Waals surface area contributed by atoms with Crippen LogP contribution in [0.15, 0.2) is 36.4 Å². The highest BCUT2D eigenvalue weighted by atomic mass is 35.5. The molecule has 0 radical (unpaired) electrons. The van der Waals surface area contributed by atoms with Gasteiger partial charge in [-0.15, -0.1) is 0 Å². The number of halogens is 1. The number of hydrogen-bond acceptors (Lipinski definition) is 5. The second-order valence-corrected chi connectivity index (χ2v) is 9.65. The van der Waals surface area contributed by atoms with E-state index in [2.05, 4.69) is 20.3 Å². The maximum Gasteiger partial charge on any atom is 0.328 e. The first-order valence-electron chi connectivity index (χ1n) is 9.68. The molecule has 172 valence electrons. The number of nitrogens with zero attached hydrogens (tertiary/aromatic N) is 3. The van der Waals surface area contributed by atoms with Crippen LogP contribution in [-0.4, -0.2) is 58.5 Å². The number of aromatic amines is 1. The molecule has 0 spiro atoms. The number of H-pyrrole nitrogens is 1. The van der Waals surface area contributed by atoms with Gasteiger partial charge < -0.3 is 29.8 Å². The number of hydrogen-bond donors (Lipinski definition) is 5. The number of carbonyl (C=O) groups is 2. The monoisotopic (exact) mass is 491 g/mol. The van der Waals surface area contributed by atoms with Crippen molar-refractivity contribution in [2.24, 2.45) is 7.05 Å². The Morgan fingerprint density at radius 2 is 1.91 bits per heavy atom. The van der Waals surface area contributed by atoms with Crippen molar-refractivity contribution >= 4 is 53.1 Å². The summed E-state index contributed by atoms with van der Waals surface area (Å²) in [6.07, 6.45) is -0.614. The Kier molecular flexibility index (Phi) is 5.98. The van der Waals surface area contributed by atoms with Gasteiger partial charge in [-0.3, -0.25) is 9.36 Å². The van der Waals surface area contributed by atoms with Crippen LogP contribution in [-0.2, 0) is 22.8 Å². The van der Waals surface area contributed by atoms with Gasteiger partial charge in [0.1, 0.15) is 17.7 Å². The number of fused-ring (bicyclic) bond motifs is 2. The summed E-state index contributed by atoms with van der Waals surface area (Å²) >= 11 is 6.02. The zero-order chi connectivity index (χ0) is 23.9. The number of imidazole rings is 2. The van der Waals surface area contributed by atoms with E-state index in [4.69, 9.17) is 21.4 Å². The van der Waals surface area contributed by atoms with E-state index in [0.29, 0.717) is 34.1 Å². The Bertz CT molecular complexity index is 1440. The second kappa shape index (κ2) is 8.60. The molecule has 0 aliphatic rings. The lowest BCUT2D eigenvalue weighted by Gasteiger charge is -2.15. The SMILES string of the molecule is Cn1c(Cc2nc3ccc(Cl)cc3[nH]2)nc2ccc(C(=O)NC(CP(=O)(O)O)C(=O)O)cc21. The Hall–Kier alpha value is -3.24. The van der Waals surface area contributed by atoms with Crippen molar-refractivity contribution in [1.82, 2.24) is 24.8 Å². The molecule has 13 heteroatoms. The van der Waals surface area contributed by atoms with Gasteiger partial charge in [0.05, 0.1) is 34.6 Å². The molecule has 0 saturated carbocycles. The highest BCUT2D eigenvalue weighted by Crippen LogP contribution is 2.35. The molecule has 0 saturated heterocycles. The molecule has 33 heavy (non-hydrogen) atoms. The van der Waals surface area contributed by atoms with E-state index in [1.165, 1.54) is 12.1 Å². The van der Waals surface area contributed by atoms with Gasteiger partial charge in [0.2, 0.25) is 0 Å². The van der Waals surface area contributed by atoms with Crippen molar-refractivity contribution in [2.45, 2.75) is 12.5 Å². The third-order valence-electron chi connectivity index (χ3n) is 5.08. The van der Waals surface area contributed by atoms with E-state index in [1.807, 2.05) is 6.07 Å². The van der Waals surface area contributed by atoms with Crippen LogP contribution in [0.5, 0.6) is 0 Å². The minimum absolute atomic E-state index is 0.132. The summed E-state index contributed by atoms with van der Waals surface area (Å²) in [7, 11) is -2.86. The Morgan fingerprint density at radius 1 is 1.18 bits per heavy atom. The lowest BCUT2D eigenvalue weighted by atomic mass is 10.1. The Balaban J connectivity index is 1.59. The Morgan fingerprint density at radius 3 is 2.61 bits per heavy atom. The fraction of sp³-hybridized carbons (Fsp3) is 0.200. The first-order valence-corrected chi connectivity index (χ1v) is 11.9. The molecule has 2 aromatic heterocycles. The average molecular weight is 492 g/mol. The second-order valence-electron chi connectivity index (χ2n) is 7.52. The summed E-state index contributed by atoms with van der Waals surface area (Å²) in [6.45, 7) is 0. The van der Waals surface area contributed by atoms with Crippen LogP contribution in [0.25, 0.3) is 22.1 Å². The first-order chi connectivity index (χ1) is 15.5. The van der Waals surface area contributed by atoms with Crippen LogP contribution in [0.4, 0.5) is 0 Å². The van der Waals surface area contributed by atoms with Gasteiger partial charge in [0.25, 0.3) is 5.91 Å². The van der Waals surface area contributed by atoms with Gasteiger partial charge in [0.15, 0.2) is 0 Å². The minimum atomic E-state index is -4.64. The van der Waals surface area contributed by atoms with Crippen LogP contribution in [0, 0.1) is 0 Å². The molecule has 0 bridgehead atoms. The van der Waals surface area contributed by atoms with Crippen molar-refractivity contribution in [1.29, 1.82) is 0 Å². The predicted molar refractivity (Wildman–Crippen MR) is 120 cm³/mol. The number of carboxylic acid groups (broad SMARTS) is 1. The predicted octanol–water partition coefficient (Wildman–Crippen LogP) is 2.05. The molecule has 0 aliphatic heterocycles. The number of benzene rings is 2. The number of amides is 1. The summed E-state index contributed by atoms with van der Waals surface area (Å²) < 4.78 is 13.0. The lowest BCUT2D eigenvalue weighted by Crippen LogP contribution is -2.43. The van der Waals surface area contributed by atoms with Crippen molar-refractivity contribution in [3.8, 4) is 0 Å². The molecule has 1 atom stereocenters. The zero-order valence-electron chi connectivity index (χ0n) is 17.2. The normalized spacial score (nSPS) is 12.8.